The number of aliphatic carboxylic acids is 1. The van der Waals surface area contributed by atoms with Crippen LogP contribution in [0.25, 0.3) is 0 Å². The second kappa shape index (κ2) is 6.77. The molecule has 1 heterocycles. The summed E-state index contributed by atoms with van der Waals surface area (Å²) in [4.78, 5) is 15.1. The summed E-state index contributed by atoms with van der Waals surface area (Å²) in [6.07, 6.45) is 8.64. The topological polar surface area (TPSA) is 50.2 Å². The number of carbonyl (C=O) groups is 1. The highest BCUT2D eigenvalue weighted by molar-refractivity contribution is 5.75. The number of nitrogens with zero attached hydrogens (tertiary/aromatic N) is 1. The number of hydrogen-bond donors (Lipinski definition) is 1. The fourth-order valence-electron chi connectivity index (χ4n) is 1.65. The normalized spacial score (nSPS) is 12.0. The van der Waals surface area contributed by atoms with Crippen molar-refractivity contribution in [3.8, 4) is 0 Å². The van der Waals surface area contributed by atoms with Crippen LogP contribution in [0.5, 0.6) is 0 Å². The zero-order valence-electron chi connectivity index (χ0n) is 9.30. The Morgan fingerprint density at radius 3 is 2.94 bits per heavy atom. The van der Waals surface area contributed by atoms with E-state index in [1.807, 2.05) is 12.1 Å². The van der Waals surface area contributed by atoms with E-state index >= 15 is 0 Å². The Hall–Kier alpha value is -1.64. The Morgan fingerprint density at radius 1 is 1.56 bits per heavy atom. The SMILES string of the molecule is C=CCCCCC(C(=O)O)c1cccnc1. The Morgan fingerprint density at radius 2 is 2.38 bits per heavy atom. The summed E-state index contributed by atoms with van der Waals surface area (Å²) in [6, 6.07) is 3.59. The molecule has 0 spiro atoms. The monoisotopic (exact) mass is 219 g/mol. The quantitative estimate of drug-likeness (QED) is 0.566. The second-order valence-corrected chi connectivity index (χ2v) is 3.75. The van der Waals surface area contributed by atoms with Crippen LogP contribution in [0, 0.1) is 0 Å². The third kappa shape index (κ3) is 3.85. The summed E-state index contributed by atoms with van der Waals surface area (Å²) in [5, 5.41) is 9.14. The van der Waals surface area contributed by atoms with Gasteiger partial charge in [0.2, 0.25) is 0 Å². The van der Waals surface area contributed by atoms with Crippen molar-refractivity contribution in [3.05, 3.63) is 42.7 Å². The lowest BCUT2D eigenvalue weighted by atomic mass is 9.94. The molecule has 0 radical (unpaired) electrons. The van der Waals surface area contributed by atoms with Gasteiger partial charge in [-0.05, 0) is 30.9 Å². The van der Waals surface area contributed by atoms with Crippen molar-refractivity contribution in [3.63, 3.8) is 0 Å². The van der Waals surface area contributed by atoms with Crippen LogP contribution in [0.4, 0.5) is 0 Å². The predicted molar refractivity (Wildman–Crippen MR) is 63.3 cm³/mol. The standard InChI is InChI=1S/C13H17NO2/c1-2-3-4-5-8-12(13(15)16)11-7-6-9-14-10-11/h2,6-7,9-10,12H,1,3-5,8H2,(H,15,16). The maximum absolute atomic E-state index is 11.1. The fourth-order valence-corrected chi connectivity index (χ4v) is 1.65. The molecule has 0 amide bonds. The number of carboxylic acids is 1. The highest BCUT2D eigenvalue weighted by Crippen LogP contribution is 2.21. The van der Waals surface area contributed by atoms with E-state index < -0.39 is 11.9 Å². The summed E-state index contributed by atoms with van der Waals surface area (Å²) in [5.41, 5.74) is 0.786. The molecule has 1 rings (SSSR count). The van der Waals surface area contributed by atoms with Gasteiger partial charge in [-0.2, -0.15) is 0 Å². The van der Waals surface area contributed by atoms with Crippen LogP contribution >= 0.6 is 0 Å². The largest absolute Gasteiger partial charge is 0.481 e. The van der Waals surface area contributed by atoms with Gasteiger partial charge in [0.05, 0.1) is 5.92 Å². The van der Waals surface area contributed by atoms with Gasteiger partial charge in [0.1, 0.15) is 0 Å². The maximum Gasteiger partial charge on any atom is 0.311 e. The van der Waals surface area contributed by atoms with Gasteiger partial charge in [-0.25, -0.2) is 0 Å². The van der Waals surface area contributed by atoms with Crippen molar-refractivity contribution in [2.75, 3.05) is 0 Å². The second-order valence-electron chi connectivity index (χ2n) is 3.75. The third-order valence-electron chi connectivity index (χ3n) is 2.54. The van der Waals surface area contributed by atoms with Gasteiger partial charge in [-0.3, -0.25) is 9.78 Å². The zero-order valence-corrected chi connectivity index (χ0v) is 9.30. The summed E-state index contributed by atoms with van der Waals surface area (Å²) >= 11 is 0. The molecule has 0 saturated carbocycles. The van der Waals surface area contributed by atoms with Crippen molar-refractivity contribution in [1.82, 2.24) is 4.98 Å². The first-order valence-electron chi connectivity index (χ1n) is 5.49. The number of unbranched alkanes of at least 4 members (excludes halogenated alkanes) is 2. The minimum absolute atomic E-state index is 0.432. The molecule has 0 fully saturated rings. The van der Waals surface area contributed by atoms with Crippen LogP contribution in [0.15, 0.2) is 37.2 Å². The van der Waals surface area contributed by atoms with Crippen LogP contribution in [0.2, 0.25) is 0 Å². The number of allylic oxidation sites excluding steroid dienone is 1. The molecule has 3 heteroatoms. The lowest BCUT2D eigenvalue weighted by molar-refractivity contribution is -0.139. The van der Waals surface area contributed by atoms with Crippen molar-refractivity contribution in [2.24, 2.45) is 0 Å². The number of pyridine rings is 1. The fraction of sp³-hybridized carbons (Fsp3) is 0.385. The van der Waals surface area contributed by atoms with E-state index in [-0.39, 0.29) is 0 Å². The summed E-state index contributed by atoms with van der Waals surface area (Å²) in [6.45, 7) is 3.64. The van der Waals surface area contributed by atoms with E-state index in [1.165, 1.54) is 0 Å². The van der Waals surface area contributed by atoms with E-state index in [0.29, 0.717) is 6.42 Å². The lowest BCUT2D eigenvalue weighted by Crippen LogP contribution is -2.11. The number of rotatable bonds is 7. The molecule has 0 aliphatic rings. The molecule has 1 aromatic heterocycles. The van der Waals surface area contributed by atoms with Crippen LogP contribution in [-0.2, 0) is 4.79 Å². The Balaban J connectivity index is 2.55. The predicted octanol–water partition coefficient (Wildman–Crippen LogP) is 3.00. The number of carboxylic acid groups (broad SMARTS) is 1. The van der Waals surface area contributed by atoms with Crippen LogP contribution in [0.3, 0.4) is 0 Å². The Kier molecular flexibility index (Phi) is 5.26. The van der Waals surface area contributed by atoms with E-state index in [1.54, 1.807) is 18.5 Å². The molecular weight excluding hydrogens is 202 g/mol. The highest BCUT2D eigenvalue weighted by Gasteiger charge is 2.18. The van der Waals surface area contributed by atoms with Gasteiger partial charge >= 0.3 is 5.97 Å². The van der Waals surface area contributed by atoms with Gasteiger partial charge in [0.25, 0.3) is 0 Å². The smallest absolute Gasteiger partial charge is 0.311 e. The van der Waals surface area contributed by atoms with E-state index in [2.05, 4.69) is 11.6 Å². The molecule has 1 aromatic rings. The highest BCUT2D eigenvalue weighted by atomic mass is 16.4. The maximum atomic E-state index is 11.1. The molecule has 1 unspecified atom stereocenters. The minimum atomic E-state index is -0.772. The molecule has 0 aromatic carbocycles. The van der Waals surface area contributed by atoms with Crippen LogP contribution in [0.1, 0.15) is 37.2 Å². The van der Waals surface area contributed by atoms with E-state index in [0.717, 1.165) is 24.8 Å². The first-order valence-corrected chi connectivity index (χ1v) is 5.49. The zero-order chi connectivity index (χ0) is 11.8. The van der Waals surface area contributed by atoms with Crippen molar-refractivity contribution in [1.29, 1.82) is 0 Å². The summed E-state index contributed by atoms with van der Waals surface area (Å²) < 4.78 is 0. The molecule has 1 atom stereocenters. The van der Waals surface area contributed by atoms with Crippen molar-refractivity contribution >= 4 is 5.97 Å². The van der Waals surface area contributed by atoms with Crippen molar-refractivity contribution < 1.29 is 9.90 Å². The number of aromatic nitrogens is 1. The van der Waals surface area contributed by atoms with Gasteiger partial charge in [0, 0.05) is 12.4 Å². The average molecular weight is 219 g/mol. The summed E-state index contributed by atoms with van der Waals surface area (Å²) in [7, 11) is 0. The van der Waals surface area contributed by atoms with E-state index in [9.17, 15) is 4.79 Å². The van der Waals surface area contributed by atoms with Gasteiger partial charge in [-0.15, -0.1) is 6.58 Å². The summed E-state index contributed by atoms with van der Waals surface area (Å²) in [5.74, 6) is -1.20. The molecule has 0 aliphatic carbocycles. The first-order chi connectivity index (χ1) is 7.75. The minimum Gasteiger partial charge on any atom is -0.481 e. The molecule has 86 valence electrons. The number of hydrogen-bond acceptors (Lipinski definition) is 2. The van der Waals surface area contributed by atoms with Gasteiger partial charge < -0.3 is 5.11 Å². The Labute approximate surface area is 95.8 Å². The molecule has 0 aliphatic heterocycles. The molecule has 3 nitrogen and oxygen atoms in total. The molecular formula is C13H17NO2. The Bertz CT molecular complexity index is 335. The van der Waals surface area contributed by atoms with Gasteiger partial charge in [-0.1, -0.05) is 18.6 Å². The molecule has 1 N–H and O–H groups in total. The van der Waals surface area contributed by atoms with Crippen LogP contribution in [-0.4, -0.2) is 16.1 Å². The van der Waals surface area contributed by atoms with Crippen molar-refractivity contribution in [2.45, 2.75) is 31.6 Å². The molecule has 0 saturated heterocycles. The lowest BCUT2D eigenvalue weighted by Gasteiger charge is -2.11. The third-order valence-corrected chi connectivity index (χ3v) is 2.54. The van der Waals surface area contributed by atoms with E-state index in [4.69, 9.17) is 5.11 Å². The van der Waals surface area contributed by atoms with Crippen LogP contribution < -0.4 is 0 Å². The van der Waals surface area contributed by atoms with Gasteiger partial charge in [0.15, 0.2) is 0 Å². The molecule has 16 heavy (non-hydrogen) atoms. The average Bonchev–Trinajstić information content (AvgIpc) is 2.30. The first kappa shape index (κ1) is 12.4. The molecule has 0 bridgehead atoms.